The van der Waals surface area contributed by atoms with Crippen LogP contribution in [0.25, 0.3) is 0 Å². The Morgan fingerprint density at radius 3 is 2.50 bits per heavy atom. The van der Waals surface area contributed by atoms with Gasteiger partial charge in [0.15, 0.2) is 0 Å². The van der Waals surface area contributed by atoms with Gasteiger partial charge in [-0.1, -0.05) is 0 Å². The second-order valence-corrected chi connectivity index (χ2v) is 6.40. The van der Waals surface area contributed by atoms with Crippen LogP contribution in [0.5, 0.6) is 0 Å². The minimum atomic E-state index is -1.09. The molecule has 1 saturated carbocycles. The Morgan fingerprint density at radius 2 is 1.95 bits per heavy atom. The molecule has 2 aliphatic rings. The number of ether oxygens (including phenoxy) is 2. The molecule has 0 spiro atoms. The topological polar surface area (TPSA) is 55.8 Å². The molecule has 20 heavy (non-hydrogen) atoms. The van der Waals surface area contributed by atoms with Gasteiger partial charge >= 0.3 is 12.1 Å². The fourth-order valence-corrected chi connectivity index (χ4v) is 3.08. The highest BCUT2D eigenvalue weighted by molar-refractivity contribution is 5.83. The van der Waals surface area contributed by atoms with Crippen LogP contribution < -0.4 is 0 Å². The van der Waals surface area contributed by atoms with Gasteiger partial charge in [-0.2, -0.15) is 0 Å². The number of rotatable bonds is 2. The number of carbonyl (C=O) groups excluding carboxylic acids is 2. The zero-order valence-corrected chi connectivity index (χ0v) is 12.4. The van der Waals surface area contributed by atoms with Gasteiger partial charge in [0.2, 0.25) is 0 Å². The lowest BCUT2D eigenvalue weighted by molar-refractivity contribution is -0.151. The summed E-state index contributed by atoms with van der Waals surface area (Å²) in [5.74, 6) is -0.626. The molecular weight excluding hydrogens is 265 g/mol. The van der Waals surface area contributed by atoms with Gasteiger partial charge in [-0.05, 0) is 46.5 Å². The number of nitrogens with zero attached hydrogens (tertiary/aromatic N) is 1. The van der Waals surface area contributed by atoms with E-state index in [0.717, 1.165) is 0 Å². The van der Waals surface area contributed by atoms with Crippen molar-refractivity contribution in [2.24, 2.45) is 5.92 Å². The van der Waals surface area contributed by atoms with Crippen molar-refractivity contribution in [2.75, 3.05) is 6.61 Å². The molecule has 5 nitrogen and oxygen atoms in total. The van der Waals surface area contributed by atoms with Crippen LogP contribution in [0.3, 0.4) is 0 Å². The van der Waals surface area contributed by atoms with E-state index in [-0.39, 0.29) is 12.5 Å². The van der Waals surface area contributed by atoms with Gasteiger partial charge in [0.05, 0.1) is 12.6 Å². The Morgan fingerprint density at radius 1 is 1.30 bits per heavy atom. The number of alkyl halides is 1. The molecule has 1 heterocycles. The molecule has 0 N–H and O–H groups in total. The first-order valence-electron chi connectivity index (χ1n) is 7.06. The zero-order valence-electron chi connectivity index (χ0n) is 12.4. The summed E-state index contributed by atoms with van der Waals surface area (Å²) in [5, 5.41) is 0. The van der Waals surface area contributed by atoms with E-state index < -0.39 is 35.9 Å². The van der Waals surface area contributed by atoms with Gasteiger partial charge in [-0.3, -0.25) is 4.90 Å². The van der Waals surface area contributed by atoms with Crippen molar-refractivity contribution in [3.8, 4) is 0 Å². The number of hydrogen-bond donors (Lipinski definition) is 0. The largest absolute Gasteiger partial charge is 0.464 e. The average Bonchev–Trinajstić information content (AvgIpc) is 2.82. The van der Waals surface area contributed by atoms with E-state index in [4.69, 9.17) is 9.47 Å². The summed E-state index contributed by atoms with van der Waals surface area (Å²) in [5.41, 5.74) is -0.677. The van der Waals surface area contributed by atoms with Gasteiger partial charge < -0.3 is 9.47 Å². The number of amides is 1. The molecule has 1 saturated heterocycles. The van der Waals surface area contributed by atoms with Crippen molar-refractivity contribution in [1.82, 2.24) is 4.90 Å². The second-order valence-electron chi connectivity index (χ2n) is 6.40. The number of piperidine rings is 1. The van der Waals surface area contributed by atoms with Gasteiger partial charge in [0.1, 0.15) is 17.8 Å². The van der Waals surface area contributed by atoms with Crippen LogP contribution in [0.4, 0.5) is 9.18 Å². The summed E-state index contributed by atoms with van der Waals surface area (Å²) in [7, 11) is 0. The van der Waals surface area contributed by atoms with Crippen molar-refractivity contribution in [3.05, 3.63) is 0 Å². The Bertz CT molecular complexity index is 406. The number of likely N-dealkylation sites (tertiary alicyclic amines) is 1. The van der Waals surface area contributed by atoms with E-state index in [0.29, 0.717) is 12.8 Å². The molecule has 1 amide bonds. The quantitative estimate of drug-likeness (QED) is 0.731. The maximum atomic E-state index is 13.9. The van der Waals surface area contributed by atoms with Gasteiger partial charge in [-0.15, -0.1) is 0 Å². The summed E-state index contributed by atoms with van der Waals surface area (Å²) < 4.78 is 24.2. The molecular formula is C14H22FNO4. The summed E-state index contributed by atoms with van der Waals surface area (Å²) in [6.07, 6.45) is -0.902. The first kappa shape index (κ1) is 15.1. The minimum Gasteiger partial charge on any atom is -0.464 e. The molecule has 4 atom stereocenters. The lowest BCUT2D eigenvalue weighted by Gasteiger charge is -2.36. The van der Waals surface area contributed by atoms with Gasteiger partial charge in [-0.25, -0.2) is 14.0 Å². The molecule has 1 aliphatic heterocycles. The third kappa shape index (κ3) is 2.74. The summed E-state index contributed by atoms with van der Waals surface area (Å²) >= 11 is 0. The summed E-state index contributed by atoms with van der Waals surface area (Å²) in [4.78, 5) is 25.5. The molecule has 114 valence electrons. The van der Waals surface area contributed by atoms with Crippen LogP contribution in [0.2, 0.25) is 0 Å². The number of carbonyl (C=O) groups is 2. The molecule has 0 aromatic carbocycles. The lowest BCUT2D eigenvalue weighted by atomic mass is 9.98. The van der Waals surface area contributed by atoms with Gasteiger partial charge in [0, 0.05) is 0 Å². The fourth-order valence-electron chi connectivity index (χ4n) is 3.08. The number of hydrogen-bond acceptors (Lipinski definition) is 4. The third-order valence-corrected chi connectivity index (χ3v) is 3.73. The maximum absolute atomic E-state index is 13.9. The minimum absolute atomic E-state index is 0.165. The molecule has 2 bridgehead atoms. The summed E-state index contributed by atoms with van der Waals surface area (Å²) in [6, 6.07) is -1.27. The molecule has 0 aromatic rings. The third-order valence-electron chi connectivity index (χ3n) is 3.73. The Labute approximate surface area is 118 Å². The van der Waals surface area contributed by atoms with E-state index in [9.17, 15) is 14.0 Å². The summed E-state index contributed by atoms with van der Waals surface area (Å²) in [6.45, 7) is 7.18. The average molecular weight is 287 g/mol. The normalized spacial score (nSPS) is 32.4. The highest BCUT2D eigenvalue weighted by Crippen LogP contribution is 2.45. The fraction of sp³-hybridized carbons (Fsp3) is 0.857. The van der Waals surface area contributed by atoms with Crippen LogP contribution in [0.15, 0.2) is 0 Å². The van der Waals surface area contributed by atoms with Crippen molar-refractivity contribution >= 4 is 12.1 Å². The molecule has 0 aromatic heterocycles. The monoisotopic (exact) mass is 287 g/mol. The highest BCUT2D eigenvalue weighted by atomic mass is 19.1. The van der Waals surface area contributed by atoms with Crippen molar-refractivity contribution < 1.29 is 23.5 Å². The van der Waals surface area contributed by atoms with E-state index in [1.54, 1.807) is 27.7 Å². The lowest BCUT2D eigenvalue weighted by Crippen LogP contribution is -2.54. The molecule has 1 aliphatic carbocycles. The first-order chi connectivity index (χ1) is 9.24. The first-order valence-corrected chi connectivity index (χ1v) is 7.06. The SMILES string of the molecule is CCOC(=O)[C@H]1[C@H]2C[C@@H](F)[C@H](C2)N1C(=O)OC(C)(C)C. The standard InChI is InChI=1S/C14H22FNO4/c1-5-19-12(17)11-8-6-9(15)10(7-8)16(11)13(18)20-14(2,3)4/h8-11H,5-7H2,1-4H3/t8-,9+,10-,11+/m0/s1. The van der Waals surface area contributed by atoms with E-state index >= 15 is 0 Å². The maximum Gasteiger partial charge on any atom is 0.411 e. The smallest absolute Gasteiger partial charge is 0.411 e. The van der Waals surface area contributed by atoms with Crippen molar-refractivity contribution in [1.29, 1.82) is 0 Å². The predicted molar refractivity (Wildman–Crippen MR) is 69.9 cm³/mol. The Kier molecular flexibility index (Phi) is 3.93. The number of esters is 1. The molecule has 6 heteroatoms. The molecule has 0 unspecified atom stereocenters. The van der Waals surface area contributed by atoms with Gasteiger partial charge in [0.25, 0.3) is 0 Å². The molecule has 2 fully saturated rings. The zero-order chi connectivity index (χ0) is 15.1. The van der Waals surface area contributed by atoms with Crippen LogP contribution in [0.1, 0.15) is 40.5 Å². The van der Waals surface area contributed by atoms with Crippen LogP contribution in [-0.2, 0) is 14.3 Å². The van der Waals surface area contributed by atoms with Crippen molar-refractivity contribution in [3.63, 3.8) is 0 Å². The van der Waals surface area contributed by atoms with Crippen LogP contribution >= 0.6 is 0 Å². The Hall–Kier alpha value is -1.33. The Balaban J connectivity index is 2.18. The number of fused-ring (bicyclic) bond motifs is 2. The molecule has 2 rings (SSSR count). The number of halogens is 1. The van der Waals surface area contributed by atoms with Crippen molar-refractivity contribution in [2.45, 2.75) is 64.4 Å². The van der Waals surface area contributed by atoms with E-state index in [2.05, 4.69) is 0 Å². The predicted octanol–water partition coefficient (Wildman–Crippen LogP) is 2.29. The second kappa shape index (κ2) is 5.22. The van der Waals surface area contributed by atoms with Crippen LogP contribution in [-0.4, -0.2) is 47.4 Å². The highest BCUT2D eigenvalue weighted by Gasteiger charge is 2.57. The molecule has 0 radical (unpaired) electrons. The van der Waals surface area contributed by atoms with E-state index in [1.807, 2.05) is 0 Å². The van der Waals surface area contributed by atoms with Crippen LogP contribution in [0, 0.1) is 5.92 Å². The van der Waals surface area contributed by atoms with E-state index in [1.165, 1.54) is 4.90 Å².